The van der Waals surface area contributed by atoms with Gasteiger partial charge in [0.2, 0.25) is 5.76 Å². The number of carbonyl (C=O) groups is 1. The lowest BCUT2D eigenvalue weighted by atomic mass is 10.1. The molecule has 0 amide bonds. The molecule has 0 unspecified atom stereocenters. The van der Waals surface area contributed by atoms with Crippen molar-refractivity contribution in [3.63, 3.8) is 0 Å². The molecule has 0 saturated carbocycles. The summed E-state index contributed by atoms with van der Waals surface area (Å²) in [4.78, 5) is 11.5. The molecule has 1 aromatic carbocycles. The fourth-order valence-corrected chi connectivity index (χ4v) is 1.74. The van der Waals surface area contributed by atoms with Crippen molar-refractivity contribution in [3.8, 4) is 11.3 Å². The Hall–Kier alpha value is -2.44. The summed E-state index contributed by atoms with van der Waals surface area (Å²) >= 11 is 0. The third kappa shape index (κ3) is 3.18. The van der Waals surface area contributed by atoms with Crippen molar-refractivity contribution in [1.29, 1.82) is 0 Å². The summed E-state index contributed by atoms with van der Waals surface area (Å²) in [6.45, 7) is 1.80. The van der Waals surface area contributed by atoms with Gasteiger partial charge in [0.1, 0.15) is 5.76 Å². The van der Waals surface area contributed by atoms with Crippen LogP contribution >= 0.6 is 0 Å². The first-order chi connectivity index (χ1) is 9.82. The molecule has 0 bridgehead atoms. The van der Waals surface area contributed by atoms with Gasteiger partial charge in [-0.25, -0.2) is 4.79 Å². The highest BCUT2D eigenvalue weighted by Gasteiger charge is 2.31. The van der Waals surface area contributed by atoms with Crippen LogP contribution in [0.25, 0.3) is 11.3 Å². The molecule has 0 spiro atoms. The number of furan rings is 1. The van der Waals surface area contributed by atoms with Gasteiger partial charge in [-0.1, -0.05) is 0 Å². The van der Waals surface area contributed by atoms with Crippen LogP contribution in [0.15, 0.2) is 34.7 Å². The topological polar surface area (TPSA) is 65.5 Å². The minimum absolute atomic E-state index is 0.0698. The zero-order chi connectivity index (χ0) is 15.6. The van der Waals surface area contributed by atoms with E-state index in [9.17, 15) is 18.0 Å². The number of nitrogen functional groups attached to an aromatic ring is 1. The lowest BCUT2D eigenvalue weighted by Crippen LogP contribution is -2.05. The molecule has 7 heteroatoms. The Kier molecular flexibility index (Phi) is 3.93. The largest absolute Gasteiger partial charge is 0.460 e. The number of alkyl halides is 3. The van der Waals surface area contributed by atoms with E-state index in [4.69, 9.17) is 14.9 Å². The van der Waals surface area contributed by atoms with Gasteiger partial charge < -0.3 is 14.9 Å². The number of rotatable bonds is 3. The van der Waals surface area contributed by atoms with Crippen LogP contribution in [0.1, 0.15) is 23.0 Å². The Bertz CT molecular complexity index is 662. The van der Waals surface area contributed by atoms with Crippen molar-refractivity contribution in [2.45, 2.75) is 13.1 Å². The highest BCUT2D eigenvalue weighted by Crippen LogP contribution is 2.35. The third-order valence-electron chi connectivity index (χ3n) is 2.73. The van der Waals surface area contributed by atoms with E-state index in [0.717, 1.165) is 18.2 Å². The second-order valence-electron chi connectivity index (χ2n) is 4.18. The van der Waals surface area contributed by atoms with Crippen LogP contribution in [0.4, 0.5) is 18.9 Å². The third-order valence-corrected chi connectivity index (χ3v) is 2.73. The molecule has 2 N–H and O–H groups in total. The predicted octanol–water partition coefficient (Wildman–Crippen LogP) is 3.72. The van der Waals surface area contributed by atoms with E-state index in [1.54, 1.807) is 6.92 Å². The maximum atomic E-state index is 12.7. The standard InChI is InChI=1S/C14H12F3NO3/c1-2-20-13(19)12-6-5-11(21-12)9-7-8(14(15,16)17)3-4-10(9)18/h3-7H,2,18H2,1H3. The normalized spacial score (nSPS) is 11.4. The summed E-state index contributed by atoms with van der Waals surface area (Å²) in [6.07, 6.45) is -4.49. The van der Waals surface area contributed by atoms with Crippen molar-refractivity contribution in [2.24, 2.45) is 0 Å². The average Bonchev–Trinajstić information content (AvgIpc) is 2.87. The number of hydrogen-bond donors (Lipinski definition) is 1. The zero-order valence-corrected chi connectivity index (χ0v) is 11.0. The number of hydrogen-bond acceptors (Lipinski definition) is 4. The molecule has 0 radical (unpaired) electrons. The molecule has 1 heterocycles. The van der Waals surface area contributed by atoms with E-state index < -0.39 is 17.7 Å². The van der Waals surface area contributed by atoms with E-state index >= 15 is 0 Å². The molecule has 2 rings (SSSR count). The fourth-order valence-electron chi connectivity index (χ4n) is 1.74. The Morgan fingerprint density at radius 1 is 1.29 bits per heavy atom. The van der Waals surface area contributed by atoms with Gasteiger partial charge in [-0.05, 0) is 37.3 Å². The van der Waals surface area contributed by atoms with Crippen LogP contribution in [0.3, 0.4) is 0 Å². The summed E-state index contributed by atoms with van der Waals surface area (Å²) < 4.78 is 48.1. The number of halogens is 3. The Morgan fingerprint density at radius 3 is 2.62 bits per heavy atom. The molecule has 0 aliphatic carbocycles. The lowest BCUT2D eigenvalue weighted by Gasteiger charge is -2.09. The smallest absolute Gasteiger partial charge is 0.416 e. The first-order valence-electron chi connectivity index (χ1n) is 6.07. The molecular weight excluding hydrogens is 287 g/mol. The number of anilines is 1. The van der Waals surface area contributed by atoms with Crippen LogP contribution in [0.2, 0.25) is 0 Å². The zero-order valence-electron chi connectivity index (χ0n) is 11.0. The van der Waals surface area contributed by atoms with E-state index in [-0.39, 0.29) is 29.4 Å². The van der Waals surface area contributed by atoms with Gasteiger partial charge in [0.05, 0.1) is 12.2 Å². The second-order valence-corrected chi connectivity index (χ2v) is 4.18. The van der Waals surface area contributed by atoms with Crippen molar-refractivity contribution in [3.05, 3.63) is 41.7 Å². The second kappa shape index (κ2) is 5.51. The first kappa shape index (κ1) is 15.0. The number of ether oxygens (including phenoxy) is 1. The summed E-state index contributed by atoms with van der Waals surface area (Å²) in [5.74, 6) is -0.709. The molecule has 1 aromatic heterocycles. The van der Waals surface area contributed by atoms with Crippen LogP contribution in [0.5, 0.6) is 0 Å². The number of nitrogens with two attached hydrogens (primary N) is 1. The van der Waals surface area contributed by atoms with Crippen LogP contribution < -0.4 is 5.73 Å². The van der Waals surface area contributed by atoms with Crippen LogP contribution in [-0.4, -0.2) is 12.6 Å². The minimum Gasteiger partial charge on any atom is -0.460 e. The summed E-state index contributed by atoms with van der Waals surface area (Å²) in [6, 6.07) is 5.60. The molecule has 0 aliphatic rings. The van der Waals surface area contributed by atoms with Gasteiger partial charge in [-0.3, -0.25) is 0 Å². The average molecular weight is 299 g/mol. The monoisotopic (exact) mass is 299 g/mol. The van der Waals surface area contributed by atoms with E-state index in [1.807, 2.05) is 0 Å². The van der Waals surface area contributed by atoms with Gasteiger partial charge in [0, 0.05) is 11.3 Å². The molecule has 0 atom stereocenters. The molecule has 4 nitrogen and oxygen atoms in total. The highest BCUT2D eigenvalue weighted by molar-refractivity contribution is 5.87. The summed E-state index contributed by atoms with van der Waals surface area (Å²) in [5, 5.41) is 0. The Morgan fingerprint density at radius 2 is 2.00 bits per heavy atom. The highest BCUT2D eigenvalue weighted by atomic mass is 19.4. The number of esters is 1. The summed E-state index contributed by atoms with van der Waals surface area (Å²) in [7, 11) is 0. The van der Waals surface area contributed by atoms with Crippen molar-refractivity contribution in [2.75, 3.05) is 12.3 Å². The van der Waals surface area contributed by atoms with Crippen LogP contribution in [-0.2, 0) is 10.9 Å². The molecule has 0 saturated heterocycles. The number of carbonyl (C=O) groups excluding carboxylic acids is 1. The Labute approximate surface area is 118 Å². The van der Waals surface area contributed by atoms with Gasteiger partial charge in [0.25, 0.3) is 0 Å². The van der Waals surface area contributed by atoms with E-state index in [0.29, 0.717) is 0 Å². The SMILES string of the molecule is CCOC(=O)c1ccc(-c2cc(C(F)(F)F)ccc2N)o1. The summed E-state index contributed by atoms with van der Waals surface area (Å²) in [5.41, 5.74) is 5.01. The molecular formula is C14H12F3NO3. The van der Waals surface area contributed by atoms with Gasteiger partial charge >= 0.3 is 12.1 Å². The molecule has 21 heavy (non-hydrogen) atoms. The molecule has 0 aliphatic heterocycles. The van der Waals surface area contributed by atoms with Crippen molar-refractivity contribution < 1.29 is 27.1 Å². The Balaban J connectivity index is 2.40. The first-order valence-corrected chi connectivity index (χ1v) is 6.07. The van der Waals surface area contributed by atoms with Gasteiger partial charge in [-0.15, -0.1) is 0 Å². The minimum atomic E-state index is -4.49. The maximum absolute atomic E-state index is 12.7. The fraction of sp³-hybridized carbons (Fsp3) is 0.214. The molecule has 112 valence electrons. The quantitative estimate of drug-likeness (QED) is 0.693. The molecule has 0 fully saturated rings. The van der Waals surface area contributed by atoms with E-state index in [2.05, 4.69) is 0 Å². The van der Waals surface area contributed by atoms with E-state index in [1.165, 1.54) is 12.1 Å². The predicted molar refractivity (Wildman–Crippen MR) is 69.5 cm³/mol. The van der Waals surface area contributed by atoms with Crippen molar-refractivity contribution in [1.82, 2.24) is 0 Å². The van der Waals surface area contributed by atoms with Gasteiger partial charge in [-0.2, -0.15) is 13.2 Å². The molecule has 2 aromatic rings. The number of benzene rings is 1. The van der Waals surface area contributed by atoms with Crippen LogP contribution in [0, 0.1) is 0 Å². The lowest BCUT2D eigenvalue weighted by molar-refractivity contribution is -0.137. The van der Waals surface area contributed by atoms with Gasteiger partial charge in [0.15, 0.2) is 0 Å². The maximum Gasteiger partial charge on any atom is 0.416 e. The van der Waals surface area contributed by atoms with Crippen molar-refractivity contribution >= 4 is 11.7 Å².